The first kappa shape index (κ1) is 14.9. The third-order valence-corrected chi connectivity index (χ3v) is 4.02. The number of nitrogens with zero attached hydrogens (tertiary/aromatic N) is 1. The third-order valence-electron chi connectivity index (χ3n) is 4.02. The number of carboxylic acids is 1. The van der Waals surface area contributed by atoms with Crippen molar-refractivity contribution in [1.82, 2.24) is 0 Å². The lowest BCUT2D eigenvalue weighted by molar-refractivity contribution is -0.138. The molecule has 1 fully saturated rings. The van der Waals surface area contributed by atoms with Crippen LogP contribution < -0.4 is 4.90 Å². The summed E-state index contributed by atoms with van der Waals surface area (Å²) in [6.45, 7) is 5.33. The molecule has 1 unspecified atom stereocenters. The molecule has 1 aliphatic heterocycles. The van der Waals surface area contributed by atoms with Crippen LogP contribution in [0.15, 0.2) is 18.2 Å². The van der Waals surface area contributed by atoms with Crippen LogP contribution in [-0.4, -0.2) is 28.8 Å². The number of aliphatic carboxylic acids is 1. The van der Waals surface area contributed by atoms with Crippen LogP contribution in [0.1, 0.15) is 50.7 Å². The van der Waals surface area contributed by atoms with Gasteiger partial charge in [-0.1, -0.05) is 12.1 Å². The van der Waals surface area contributed by atoms with Gasteiger partial charge in [-0.3, -0.25) is 4.90 Å². The van der Waals surface area contributed by atoms with Crippen molar-refractivity contribution in [1.29, 1.82) is 0 Å². The highest BCUT2D eigenvalue weighted by Gasteiger charge is 2.41. The van der Waals surface area contributed by atoms with Gasteiger partial charge < -0.3 is 9.84 Å². The first-order valence-electron chi connectivity index (χ1n) is 7.64. The average Bonchev–Trinajstić information content (AvgIpc) is 3.15. The van der Waals surface area contributed by atoms with Crippen molar-refractivity contribution in [2.75, 3.05) is 4.90 Å². The fourth-order valence-electron chi connectivity index (χ4n) is 2.85. The predicted octanol–water partition coefficient (Wildman–Crippen LogP) is 3.31. The van der Waals surface area contributed by atoms with Gasteiger partial charge in [-0.2, -0.15) is 0 Å². The molecule has 0 radical (unpaired) electrons. The maximum absolute atomic E-state index is 12.5. The lowest BCUT2D eigenvalue weighted by Gasteiger charge is -2.27. The van der Waals surface area contributed by atoms with E-state index in [1.807, 2.05) is 18.2 Å². The minimum atomic E-state index is -1.00. The van der Waals surface area contributed by atoms with Gasteiger partial charge >= 0.3 is 12.1 Å². The van der Waals surface area contributed by atoms with Gasteiger partial charge in [-0.15, -0.1) is 0 Å². The highest BCUT2D eigenvalue weighted by atomic mass is 16.6. The van der Waals surface area contributed by atoms with E-state index in [0.717, 1.165) is 18.4 Å². The number of anilines is 1. The zero-order valence-corrected chi connectivity index (χ0v) is 13.1. The van der Waals surface area contributed by atoms with Gasteiger partial charge in [0.15, 0.2) is 0 Å². The Morgan fingerprint density at radius 2 is 1.95 bits per heavy atom. The van der Waals surface area contributed by atoms with E-state index >= 15 is 0 Å². The Hall–Kier alpha value is -2.04. The van der Waals surface area contributed by atoms with Crippen LogP contribution in [0.2, 0.25) is 0 Å². The van der Waals surface area contributed by atoms with Gasteiger partial charge in [-0.25, -0.2) is 9.59 Å². The monoisotopic (exact) mass is 303 g/mol. The first-order chi connectivity index (χ1) is 10.3. The molecule has 1 aromatic rings. The summed E-state index contributed by atoms with van der Waals surface area (Å²) in [5, 5.41) is 9.44. The van der Waals surface area contributed by atoms with Crippen molar-refractivity contribution >= 4 is 17.7 Å². The van der Waals surface area contributed by atoms with E-state index in [2.05, 4.69) is 0 Å². The highest BCUT2D eigenvalue weighted by Crippen LogP contribution is 2.43. The molecule has 1 aliphatic carbocycles. The van der Waals surface area contributed by atoms with Crippen molar-refractivity contribution in [3.8, 4) is 0 Å². The fourth-order valence-corrected chi connectivity index (χ4v) is 2.85. The lowest BCUT2D eigenvalue weighted by Crippen LogP contribution is -2.45. The molecule has 1 heterocycles. The zero-order chi connectivity index (χ0) is 16.1. The van der Waals surface area contributed by atoms with Crippen LogP contribution in [0.5, 0.6) is 0 Å². The first-order valence-corrected chi connectivity index (χ1v) is 7.64. The SMILES string of the molecule is CC(C)(C)OC(=O)N1c2cc(C3CC3)ccc2CC1C(=O)O. The largest absolute Gasteiger partial charge is 0.480 e. The molecular weight excluding hydrogens is 282 g/mol. The van der Waals surface area contributed by atoms with E-state index in [4.69, 9.17) is 4.74 Å². The van der Waals surface area contributed by atoms with Crippen LogP contribution in [-0.2, 0) is 16.0 Å². The summed E-state index contributed by atoms with van der Waals surface area (Å²) in [5.41, 5.74) is 2.10. The molecule has 1 atom stereocenters. The number of carboxylic acid groups (broad SMARTS) is 1. The zero-order valence-electron chi connectivity index (χ0n) is 13.1. The van der Waals surface area contributed by atoms with Gasteiger partial charge in [-0.05, 0) is 56.7 Å². The van der Waals surface area contributed by atoms with Crippen LogP contribution in [0.4, 0.5) is 10.5 Å². The van der Waals surface area contributed by atoms with E-state index < -0.39 is 23.7 Å². The molecule has 118 valence electrons. The molecular formula is C17H21NO4. The normalized spacial score (nSPS) is 20.7. The van der Waals surface area contributed by atoms with E-state index in [1.54, 1.807) is 20.8 Å². The van der Waals surface area contributed by atoms with E-state index in [0.29, 0.717) is 18.0 Å². The number of ether oxygens (including phenoxy) is 1. The summed E-state index contributed by atoms with van der Waals surface area (Å²) in [5.74, 6) is -0.454. The number of hydrogen-bond donors (Lipinski definition) is 1. The second-order valence-corrected chi connectivity index (χ2v) is 7.07. The molecule has 1 saturated carbocycles. The van der Waals surface area contributed by atoms with Crippen molar-refractivity contribution in [2.45, 2.75) is 57.6 Å². The van der Waals surface area contributed by atoms with Gasteiger partial charge in [0, 0.05) is 6.42 Å². The summed E-state index contributed by atoms with van der Waals surface area (Å²) in [6.07, 6.45) is 2.06. The minimum absolute atomic E-state index is 0.328. The number of amides is 1. The Morgan fingerprint density at radius 3 is 2.50 bits per heavy atom. The van der Waals surface area contributed by atoms with E-state index in [1.165, 1.54) is 10.5 Å². The quantitative estimate of drug-likeness (QED) is 0.910. The number of fused-ring (bicyclic) bond motifs is 1. The molecule has 3 rings (SSSR count). The Kier molecular flexibility index (Phi) is 3.38. The molecule has 0 aromatic heterocycles. The molecule has 0 saturated heterocycles. The van der Waals surface area contributed by atoms with Crippen molar-refractivity contribution in [3.05, 3.63) is 29.3 Å². The predicted molar refractivity (Wildman–Crippen MR) is 82.3 cm³/mol. The van der Waals surface area contributed by atoms with Crippen molar-refractivity contribution in [2.24, 2.45) is 0 Å². The lowest BCUT2D eigenvalue weighted by atomic mass is 10.1. The van der Waals surface area contributed by atoms with E-state index in [9.17, 15) is 14.7 Å². The molecule has 0 bridgehead atoms. The molecule has 5 nitrogen and oxygen atoms in total. The number of rotatable bonds is 2. The number of carbonyl (C=O) groups excluding carboxylic acids is 1. The maximum atomic E-state index is 12.5. The highest BCUT2D eigenvalue weighted by molar-refractivity contribution is 5.98. The maximum Gasteiger partial charge on any atom is 0.415 e. The smallest absolute Gasteiger partial charge is 0.415 e. The molecule has 2 aliphatic rings. The Morgan fingerprint density at radius 1 is 1.27 bits per heavy atom. The molecule has 1 aromatic carbocycles. The molecule has 1 N–H and O–H groups in total. The molecule has 0 spiro atoms. The third kappa shape index (κ3) is 2.80. The van der Waals surface area contributed by atoms with Crippen molar-refractivity contribution in [3.63, 3.8) is 0 Å². The van der Waals surface area contributed by atoms with Gasteiger partial charge in [0.25, 0.3) is 0 Å². The summed E-state index contributed by atoms with van der Waals surface area (Å²) in [7, 11) is 0. The van der Waals surface area contributed by atoms with Gasteiger partial charge in [0.1, 0.15) is 11.6 Å². The van der Waals surface area contributed by atoms with Crippen molar-refractivity contribution < 1.29 is 19.4 Å². The Balaban J connectivity index is 1.96. The van der Waals surface area contributed by atoms with Crippen LogP contribution in [0.3, 0.4) is 0 Å². The standard InChI is InChI=1S/C17H21NO4/c1-17(2,3)22-16(21)18-13-8-11(10-4-5-10)6-7-12(13)9-14(18)15(19)20/h6-8,10,14H,4-5,9H2,1-3H3,(H,19,20). The molecule has 1 amide bonds. The number of benzene rings is 1. The minimum Gasteiger partial charge on any atom is -0.480 e. The summed E-state index contributed by atoms with van der Waals surface area (Å²) < 4.78 is 5.40. The summed E-state index contributed by atoms with van der Waals surface area (Å²) in [4.78, 5) is 25.3. The summed E-state index contributed by atoms with van der Waals surface area (Å²) >= 11 is 0. The fraction of sp³-hybridized carbons (Fsp3) is 0.529. The topological polar surface area (TPSA) is 66.8 Å². The second kappa shape index (κ2) is 5.00. The van der Waals surface area contributed by atoms with Crippen LogP contribution >= 0.6 is 0 Å². The molecule has 22 heavy (non-hydrogen) atoms. The number of hydrogen-bond acceptors (Lipinski definition) is 3. The Labute approximate surface area is 129 Å². The van der Waals surface area contributed by atoms with Crippen LogP contribution in [0.25, 0.3) is 0 Å². The average molecular weight is 303 g/mol. The second-order valence-electron chi connectivity index (χ2n) is 7.07. The van der Waals surface area contributed by atoms with Crippen LogP contribution in [0, 0.1) is 0 Å². The Bertz CT molecular complexity index is 628. The van der Waals surface area contributed by atoms with Gasteiger partial charge in [0.05, 0.1) is 5.69 Å². The summed E-state index contributed by atoms with van der Waals surface area (Å²) in [6, 6.07) is 5.07. The van der Waals surface area contributed by atoms with E-state index in [-0.39, 0.29) is 0 Å². The molecule has 5 heteroatoms. The number of carbonyl (C=O) groups is 2. The van der Waals surface area contributed by atoms with Gasteiger partial charge in [0.2, 0.25) is 0 Å².